The van der Waals surface area contributed by atoms with E-state index in [2.05, 4.69) is 0 Å². The van der Waals surface area contributed by atoms with E-state index in [4.69, 9.17) is 14.2 Å². The molecule has 0 aliphatic carbocycles. The summed E-state index contributed by atoms with van der Waals surface area (Å²) in [6.45, 7) is 4.98. The van der Waals surface area contributed by atoms with Crippen LogP contribution in [-0.2, 0) is 23.8 Å². The van der Waals surface area contributed by atoms with Gasteiger partial charge in [-0.25, -0.2) is 4.79 Å². The Labute approximate surface area is 88.0 Å². The van der Waals surface area contributed by atoms with Crippen molar-refractivity contribution in [3.63, 3.8) is 0 Å². The second kappa shape index (κ2) is 4.82. The van der Waals surface area contributed by atoms with Crippen molar-refractivity contribution in [1.82, 2.24) is 0 Å². The first-order valence-corrected chi connectivity index (χ1v) is 4.75. The predicted octanol–water partition coefficient (Wildman–Crippen LogP) is 1.13. The maximum absolute atomic E-state index is 11.4. The molecule has 84 valence electrons. The lowest BCUT2D eigenvalue weighted by Gasteiger charge is -2.10. The summed E-state index contributed by atoms with van der Waals surface area (Å²) in [5, 5.41) is 0. The topological polar surface area (TPSA) is 61.8 Å². The van der Waals surface area contributed by atoms with Gasteiger partial charge in [-0.05, 0) is 13.8 Å². The molecule has 0 saturated heterocycles. The van der Waals surface area contributed by atoms with Crippen molar-refractivity contribution in [3.05, 3.63) is 11.3 Å². The molecule has 0 aromatic rings. The molecule has 0 aromatic carbocycles. The summed E-state index contributed by atoms with van der Waals surface area (Å²) in [6, 6.07) is 0. The van der Waals surface area contributed by atoms with Crippen LogP contribution in [0.2, 0.25) is 0 Å². The van der Waals surface area contributed by atoms with Crippen LogP contribution in [0.25, 0.3) is 0 Å². The van der Waals surface area contributed by atoms with Crippen molar-refractivity contribution in [2.24, 2.45) is 0 Å². The minimum atomic E-state index is -0.693. The first kappa shape index (κ1) is 11.6. The maximum Gasteiger partial charge on any atom is 0.337 e. The Morgan fingerprint density at radius 3 is 2.73 bits per heavy atom. The number of esters is 2. The van der Waals surface area contributed by atoms with Crippen LogP contribution in [0.1, 0.15) is 27.2 Å². The summed E-state index contributed by atoms with van der Waals surface area (Å²) in [7, 11) is 0. The van der Waals surface area contributed by atoms with Crippen LogP contribution >= 0.6 is 0 Å². The highest BCUT2D eigenvalue weighted by Gasteiger charge is 2.30. The lowest BCUT2D eigenvalue weighted by molar-refractivity contribution is -0.165. The molecule has 0 radical (unpaired) electrons. The van der Waals surface area contributed by atoms with E-state index in [0.29, 0.717) is 17.9 Å². The molecule has 0 saturated carbocycles. The molecule has 1 rings (SSSR count). The fourth-order valence-corrected chi connectivity index (χ4v) is 1.32. The Morgan fingerprint density at radius 2 is 2.20 bits per heavy atom. The monoisotopic (exact) mass is 214 g/mol. The molecule has 15 heavy (non-hydrogen) atoms. The van der Waals surface area contributed by atoms with Gasteiger partial charge < -0.3 is 14.2 Å². The number of ether oxygens (including phenoxy) is 3. The molecule has 1 aliphatic heterocycles. The number of hydrogen-bond acceptors (Lipinski definition) is 5. The van der Waals surface area contributed by atoms with Crippen molar-refractivity contribution in [3.8, 4) is 0 Å². The largest absolute Gasteiger partial charge is 0.463 e. The standard InChI is InChI=1S/C10H14O5/c1-4-13-10(12)8-5-9(14-6(8)2)15-7(3)11/h9H,4-5H2,1-3H3. The molecule has 1 atom stereocenters. The van der Waals surface area contributed by atoms with E-state index in [0.717, 1.165) is 0 Å². The molecule has 0 amide bonds. The molecule has 5 heteroatoms. The smallest absolute Gasteiger partial charge is 0.337 e. The molecule has 0 N–H and O–H groups in total. The Morgan fingerprint density at radius 1 is 1.53 bits per heavy atom. The van der Waals surface area contributed by atoms with Gasteiger partial charge in [0.1, 0.15) is 5.76 Å². The summed E-state index contributed by atoms with van der Waals surface area (Å²) in [5.41, 5.74) is 0.433. The summed E-state index contributed by atoms with van der Waals surface area (Å²) in [6.07, 6.45) is -0.438. The van der Waals surface area contributed by atoms with Gasteiger partial charge in [0.05, 0.1) is 18.6 Å². The number of carbonyl (C=O) groups is 2. The zero-order valence-corrected chi connectivity index (χ0v) is 9.03. The lowest BCUT2D eigenvalue weighted by atomic mass is 10.2. The highest BCUT2D eigenvalue weighted by molar-refractivity contribution is 5.89. The molecule has 1 unspecified atom stereocenters. The minimum absolute atomic E-state index is 0.254. The zero-order chi connectivity index (χ0) is 11.4. The number of rotatable bonds is 3. The molecule has 1 heterocycles. The van der Waals surface area contributed by atoms with Gasteiger partial charge in [0.15, 0.2) is 0 Å². The van der Waals surface area contributed by atoms with Gasteiger partial charge in [0.2, 0.25) is 6.29 Å². The number of carbonyl (C=O) groups excluding carboxylic acids is 2. The third-order valence-corrected chi connectivity index (χ3v) is 1.92. The van der Waals surface area contributed by atoms with Crippen LogP contribution in [0, 0.1) is 0 Å². The predicted molar refractivity (Wildman–Crippen MR) is 50.6 cm³/mol. The first-order valence-electron chi connectivity index (χ1n) is 4.75. The quantitative estimate of drug-likeness (QED) is 0.659. The second-order valence-corrected chi connectivity index (χ2v) is 3.12. The average Bonchev–Trinajstić information content (AvgIpc) is 2.46. The normalized spacial score (nSPS) is 19.8. The highest BCUT2D eigenvalue weighted by atomic mass is 16.7. The van der Waals surface area contributed by atoms with Gasteiger partial charge in [-0.2, -0.15) is 0 Å². The van der Waals surface area contributed by atoms with Gasteiger partial charge >= 0.3 is 11.9 Å². The van der Waals surface area contributed by atoms with Crippen molar-refractivity contribution >= 4 is 11.9 Å². The van der Waals surface area contributed by atoms with Crippen molar-refractivity contribution in [1.29, 1.82) is 0 Å². The van der Waals surface area contributed by atoms with Crippen LogP contribution in [0.15, 0.2) is 11.3 Å². The summed E-state index contributed by atoms with van der Waals surface area (Å²) >= 11 is 0. The van der Waals surface area contributed by atoms with Crippen molar-refractivity contribution < 1.29 is 23.8 Å². The highest BCUT2D eigenvalue weighted by Crippen LogP contribution is 2.26. The molecule has 5 nitrogen and oxygen atoms in total. The van der Waals surface area contributed by atoms with E-state index in [9.17, 15) is 9.59 Å². The Hall–Kier alpha value is -1.52. The van der Waals surface area contributed by atoms with E-state index in [-0.39, 0.29) is 6.42 Å². The van der Waals surface area contributed by atoms with Gasteiger partial charge in [-0.1, -0.05) is 0 Å². The molecule has 0 spiro atoms. The maximum atomic E-state index is 11.4. The number of hydrogen-bond donors (Lipinski definition) is 0. The van der Waals surface area contributed by atoms with Gasteiger partial charge in [0.25, 0.3) is 0 Å². The Balaban J connectivity index is 2.57. The molecule has 0 aromatic heterocycles. The summed E-state index contributed by atoms with van der Waals surface area (Å²) in [4.78, 5) is 22.1. The van der Waals surface area contributed by atoms with Crippen LogP contribution in [0.4, 0.5) is 0 Å². The van der Waals surface area contributed by atoms with Gasteiger partial charge in [-0.3, -0.25) is 4.79 Å². The summed E-state index contributed by atoms with van der Waals surface area (Å²) < 4.78 is 14.8. The van der Waals surface area contributed by atoms with Crippen LogP contribution in [-0.4, -0.2) is 24.8 Å². The third-order valence-electron chi connectivity index (χ3n) is 1.92. The molecular formula is C10H14O5. The number of allylic oxidation sites excluding steroid dienone is 1. The van der Waals surface area contributed by atoms with Crippen LogP contribution in [0.5, 0.6) is 0 Å². The fourth-order valence-electron chi connectivity index (χ4n) is 1.32. The molecular weight excluding hydrogens is 200 g/mol. The van der Waals surface area contributed by atoms with E-state index in [1.54, 1.807) is 13.8 Å². The molecule has 0 bridgehead atoms. The zero-order valence-electron chi connectivity index (χ0n) is 9.03. The Kier molecular flexibility index (Phi) is 3.71. The molecule has 0 fully saturated rings. The molecule has 1 aliphatic rings. The first-order chi connectivity index (χ1) is 7.04. The SMILES string of the molecule is CCOC(=O)C1=C(C)OC(OC(C)=O)C1. The van der Waals surface area contributed by atoms with Crippen molar-refractivity contribution in [2.45, 2.75) is 33.5 Å². The van der Waals surface area contributed by atoms with Gasteiger partial charge in [-0.15, -0.1) is 0 Å². The van der Waals surface area contributed by atoms with Crippen LogP contribution in [0.3, 0.4) is 0 Å². The minimum Gasteiger partial charge on any atom is -0.463 e. The lowest BCUT2D eigenvalue weighted by Crippen LogP contribution is -2.16. The van der Waals surface area contributed by atoms with Crippen molar-refractivity contribution in [2.75, 3.05) is 6.61 Å². The fraction of sp³-hybridized carbons (Fsp3) is 0.600. The van der Waals surface area contributed by atoms with E-state index >= 15 is 0 Å². The van der Waals surface area contributed by atoms with Crippen LogP contribution < -0.4 is 0 Å². The van der Waals surface area contributed by atoms with E-state index < -0.39 is 18.2 Å². The average molecular weight is 214 g/mol. The second-order valence-electron chi connectivity index (χ2n) is 3.12. The summed E-state index contributed by atoms with van der Waals surface area (Å²) in [5.74, 6) is -0.387. The van der Waals surface area contributed by atoms with Gasteiger partial charge in [0, 0.05) is 6.92 Å². The van der Waals surface area contributed by atoms with E-state index in [1.807, 2.05) is 0 Å². The Bertz CT molecular complexity index is 305. The van der Waals surface area contributed by atoms with E-state index in [1.165, 1.54) is 6.92 Å². The third kappa shape index (κ3) is 2.97.